The zero-order chi connectivity index (χ0) is 52.6. The number of ether oxygens (including phenoxy) is 1. The first kappa shape index (κ1) is 43.6. The third-order valence-electron chi connectivity index (χ3n) is 18.3. The molecule has 0 aliphatic carbocycles. The van der Waals surface area contributed by atoms with Crippen LogP contribution in [0, 0.1) is 0 Å². The molecule has 6 aliphatic rings. The van der Waals surface area contributed by atoms with E-state index in [4.69, 9.17) is 4.74 Å². The lowest BCUT2D eigenvalue weighted by Crippen LogP contribution is -2.68. The summed E-state index contributed by atoms with van der Waals surface area (Å²) in [5, 5.41) is 2.47. The van der Waals surface area contributed by atoms with Crippen LogP contribution in [-0.2, 0) is 0 Å². The number of fused-ring (bicyclic) bond motifs is 17. The molecule has 6 aliphatic heterocycles. The average Bonchev–Trinajstić information content (AvgIpc) is 2.14. The van der Waals surface area contributed by atoms with Gasteiger partial charge in [0.05, 0.1) is 16.7 Å². The van der Waals surface area contributed by atoms with Crippen LogP contribution in [0.1, 0.15) is 0 Å². The van der Waals surface area contributed by atoms with Crippen molar-refractivity contribution in [2.75, 3.05) is 19.6 Å². The molecule has 1 aromatic heterocycles. The topological polar surface area (TPSA) is 27.1 Å². The van der Waals surface area contributed by atoms with Crippen molar-refractivity contribution in [2.24, 2.45) is 0 Å². The third-order valence-corrected chi connectivity index (χ3v) is 18.3. The lowest BCUT2D eigenvalue weighted by Gasteiger charge is -2.49. The molecule has 6 nitrogen and oxygen atoms in total. The Kier molecular flexibility index (Phi) is 8.68. The Bertz CT molecular complexity index is 4810. The maximum absolute atomic E-state index is 7.75. The van der Waals surface area contributed by atoms with Crippen LogP contribution in [0.15, 0.2) is 267 Å². The van der Waals surface area contributed by atoms with Crippen molar-refractivity contribution < 1.29 is 4.74 Å². The molecule has 0 spiro atoms. The molecule has 0 saturated heterocycles. The highest BCUT2D eigenvalue weighted by molar-refractivity contribution is 7.05. The van der Waals surface area contributed by atoms with Crippen molar-refractivity contribution in [3.05, 3.63) is 267 Å². The minimum absolute atomic E-state index is 0.00424. The molecule has 0 N–H and O–H groups in total. The number of benzene rings is 12. The fraction of sp³-hybridized carbons (Fsp3) is 0. The van der Waals surface area contributed by atoms with Gasteiger partial charge in [-0.2, -0.15) is 0 Å². The number of para-hydroxylation sites is 9. The van der Waals surface area contributed by atoms with E-state index in [1.54, 1.807) is 0 Å². The molecule has 81 heavy (non-hydrogen) atoms. The summed E-state index contributed by atoms with van der Waals surface area (Å²) in [4.78, 5) is 10.1. The molecule has 7 heterocycles. The molecule has 0 unspecified atom stereocenters. The van der Waals surface area contributed by atoms with Crippen LogP contribution in [0.2, 0.25) is 0 Å². The molecule has 12 aromatic carbocycles. The first-order valence-electron chi connectivity index (χ1n) is 28.2. The Hall–Kier alpha value is -10.4. The molecule has 0 radical (unpaired) electrons. The Labute approximate surface area is 469 Å². The molecule has 13 aromatic rings. The highest BCUT2D eigenvalue weighted by Gasteiger charge is 2.52. The van der Waals surface area contributed by atoms with Gasteiger partial charge in [0, 0.05) is 85.1 Å². The van der Waals surface area contributed by atoms with Crippen LogP contribution < -0.4 is 73.5 Å². The van der Waals surface area contributed by atoms with Crippen molar-refractivity contribution in [2.45, 2.75) is 0 Å². The van der Waals surface area contributed by atoms with E-state index >= 15 is 0 Å². The van der Waals surface area contributed by atoms with Gasteiger partial charge in [0.2, 0.25) is 0 Å². The number of rotatable bonds is 4. The molecular weight excluding hydrogens is 983 g/mol. The molecule has 19 rings (SSSR count). The van der Waals surface area contributed by atoms with Crippen molar-refractivity contribution in [3.63, 3.8) is 0 Å². The predicted molar refractivity (Wildman–Crippen MR) is 340 cm³/mol. The fourth-order valence-electron chi connectivity index (χ4n) is 15.3. The second-order valence-electron chi connectivity index (χ2n) is 22.3. The van der Waals surface area contributed by atoms with E-state index in [9.17, 15) is 0 Å². The predicted octanol–water partition coefficient (Wildman–Crippen LogP) is 11.9. The van der Waals surface area contributed by atoms with Gasteiger partial charge in [-0.25, -0.2) is 0 Å². The first-order valence-corrected chi connectivity index (χ1v) is 28.2. The van der Waals surface area contributed by atoms with Gasteiger partial charge >= 0.3 is 0 Å². The SMILES string of the molecule is c1ccc(N2c3ccccc3B3c4cc5c(cc4N(c4ccccc4)c4cc(-n6c7ccccc7c7ccccc76)cc2c43)B2c3ccccc3N3c4ccccc4B4c6ccccc6N(c6ccccc6)c6cc(c2c3c64)O5)cc1. The smallest absolute Gasteiger partial charge is 0.256 e. The molecule has 372 valence electrons. The Morgan fingerprint density at radius 2 is 0.642 bits per heavy atom. The molecule has 9 heteroatoms. The van der Waals surface area contributed by atoms with Gasteiger partial charge in [0.15, 0.2) is 0 Å². The van der Waals surface area contributed by atoms with Crippen LogP contribution in [0.5, 0.6) is 11.5 Å². The fourth-order valence-corrected chi connectivity index (χ4v) is 15.3. The monoisotopic (exact) mass is 1030 g/mol. The number of hydrogen-bond donors (Lipinski definition) is 0. The maximum Gasteiger partial charge on any atom is 0.256 e. The minimum Gasteiger partial charge on any atom is -0.458 e. The zero-order valence-corrected chi connectivity index (χ0v) is 43.8. The lowest BCUT2D eigenvalue weighted by atomic mass is 9.28. The van der Waals surface area contributed by atoms with Crippen LogP contribution >= 0.6 is 0 Å². The zero-order valence-electron chi connectivity index (χ0n) is 43.8. The highest BCUT2D eigenvalue weighted by Crippen LogP contribution is 2.50. The summed E-state index contributed by atoms with van der Waals surface area (Å²) in [5.74, 6) is 1.78. The van der Waals surface area contributed by atoms with Crippen LogP contribution in [0.25, 0.3) is 27.5 Å². The number of nitrogens with zero attached hydrogens (tertiary/aromatic N) is 5. The Morgan fingerprint density at radius 3 is 1.15 bits per heavy atom. The van der Waals surface area contributed by atoms with Gasteiger partial charge in [0.1, 0.15) is 11.5 Å². The van der Waals surface area contributed by atoms with Gasteiger partial charge in [-0.15, -0.1) is 0 Å². The Morgan fingerprint density at radius 1 is 0.247 bits per heavy atom. The Balaban J connectivity index is 0.915. The third kappa shape index (κ3) is 5.74. The number of hydrogen-bond acceptors (Lipinski definition) is 5. The largest absolute Gasteiger partial charge is 0.458 e. The van der Waals surface area contributed by atoms with E-state index in [1.807, 2.05) is 0 Å². The van der Waals surface area contributed by atoms with Crippen molar-refractivity contribution >= 4 is 159 Å². The lowest BCUT2D eigenvalue weighted by molar-refractivity contribution is 0.488. The maximum atomic E-state index is 7.75. The van der Waals surface area contributed by atoms with Gasteiger partial charge in [-0.3, -0.25) is 0 Å². The summed E-state index contributed by atoms with van der Waals surface area (Å²) in [6, 6.07) is 99.2. The van der Waals surface area contributed by atoms with E-state index in [1.165, 1.54) is 88.3 Å². The summed E-state index contributed by atoms with van der Waals surface area (Å²) < 4.78 is 10.2. The summed E-state index contributed by atoms with van der Waals surface area (Å²) >= 11 is 0. The summed E-state index contributed by atoms with van der Waals surface area (Å²) in [5.41, 5.74) is 28.6. The minimum atomic E-state index is -0.138. The van der Waals surface area contributed by atoms with Crippen molar-refractivity contribution in [3.8, 4) is 17.2 Å². The first-order chi connectivity index (χ1) is 40.2. The van der Waals surface area contributed by atoms with Crippen LogP contribution in [-0.4, -0.2) is 24.7 Å². The molecular formula is C72H44B3N5O. The van der Waals surface area contributed by atoms with E-state index in [-0.39, 0.29) is 20.1 Å². The second-order valence-corrected chi connectivity index (χ2v) is 22.3. The molecule has 0 amide bonds. The van der Waals surface area contributed by atoms with E-state index in [0.29, 0.717) is 0 Å². The van der Waals surface area contributed by atoms with Gasteiger partial charge in [-0.05, 0) is 146 Å². The molecule has 0 bridgehead atoms. The summed E-state index contributed by atoms with van der Waals surface area (Å²) in [6.45, 7) is -0.268. The summed E-state index contributed by atoms with van der Waals surface area (Å²) in [7, 11) is 0. The molecule has 0 atom stereocenters. The normalized spacial score (nSPS) is 14.1. The van der Waals surface area contributed by atoms with Crippen LogP contribution in [0.4, 0.5) is 68.2 Å². The molecule has 0 saturated carbocycles. The molecule has 0 fully saturated rings. The summed E-state index contributed by atoms with van der Waals surface area (Å²) in [6.07, 6.45) is 0. The van der Waals surface area contributed by atoms with Gasteiger partial charge in [-0.1, -0.05) is 164 Å². The quantitative estimate of drug-likeness (QED) is 0.164. The van der Waals surface area contributed by atoms with Gasteiger partial charge < -0.3 is 28.9 Å². The number of anilines is 12. The van der Waals surface area contributed by atoms with Crippen molar-refractivity contribution in [1.29, 1.82) is 0 Å². The van der Waals surface area contributed by atoms with Gasteiger partial charge in [0.25, 0.3) is 20.1 Å². The number of aromatic nitrogens is 1. The standard InChI is InChI=1S/C72H44B3N5O/c1-4-22-45(23-5-1)76-60-37-19-13-31-52(60)74-55-43-67-56(42-63(55)78(47-26-8-3-9-27-47)65-41-48(40-64(76)69(65)74)79-57-34-16-10-28-49(57)50-29-11-17-35-58(50)79)75-54-33-15-21-39-62(54)80-61-38-20-14-32-53(61)73-51-30-12-18-36-59(51)77(46-24-6-2-7-25-46)66-44-68(81-67)71(75)72(80)70(66)73/h1-44H. The average molecular weight is 1030 g/mol. The van der Waals surface area contributed by atoms with E-state index in [2.05, 4.69) is 291 Å². The highest BCUT2D eigenvalue weighted by atomic mass is 16.5. The van der Waals surface area contributed by atoms with E-state index in [0.717, 1.165) is 68.1 Å². The second kappa shape index (κ2) is 16.1. The van der Waals surface area contributed by atoms with Crippen molar-refractivity contribution in [1.82, 2.24) is 4.57 Å². The van der Waals surface area contributed by atoms with Crippen LogP contribution in [0.3, 0.4) is 0 Å². The van der Waals surface area contributed by atoms with E-state index < -0.39 is 0 Å².